The number of likely N-dealkylation sites (tertiary alicyclic amines) is 1. The van der Waals surface area contributed by atoms with E-state index in [0.717, 1.165) is 60.1 Å². The molecule has 5 rings (SSSR count). The second-order valence-electron chi connectivity index (χ2n) is 8.25. The zero-order valence-corrected chi connectivity index (χ0v) is 16.7. The van der Waals surface area contributed by atoms with Crippen molar-refractivity contribution in [3.8, 4) is 22.8 Å². The summed E-state index contributed by atoms with van der Waals surface area (Å²) in [6.45, 7) is 4.71. The highest BCUT2D eigenvalue weighted by Gasteiger charge is 2.42. The Morgan fingerprint density at radius 3 is 2.68 bits per heavy atom. The predicted octanol–water partition coefficient (Wildman–Crippen LogP) is 4.32. The van der Waals surface area contributed by atoms with Gasteiger partial charge in [0.1, 0.15) is 5.75 Å². The van der Waals surface area contributed by atoms with E-state index in [9.17, 15) is 0 Å². The number of nitrogens with zero attached hydrogens (tertiary/aromatic N) is 2. The number of ether oxygens (including phenoxy) is 3. The quantitative estimate of drug-likeness (QED) is 0.793. The number of piperidine rings is 1. The SMILES string of the molecule is COc1nc(C)ccc1-c1ccc2c(c1)COC1(CCN(C3CCC3)CC1)O2. The first kappa shape index (κ1) is 18.0. The zero-order valence-electron chi connectivity index (χ0n) is 16.7. The first-order valence-corrected chi connectivity index (χ1v) is 10.4. The Morgan fingerprint density at radius 2 is 1.96 bits per heavy atom. The van der Waals surface area contributed by atoms with Gasteiger partial charge >= 0.3 is 0 Å². The standard InChI is InChI=1S/C23H28N2O3/c1-16-6-8-20(22(24-16)26-2)17-7-9-21-18(14-17)15-27-23(28-21)10-12-25(13-11-23)19-4-3-5-19/h6-9,14,19H,3-5,10-13,15H2,1-2H3. The maximum absolute atomic E-state index is 6.41. The Labute approximate surface area is 166 Å². The molecule has 1 saturated heterocycles. The minimum Gasteiger partial charge on any atom is -0.481 e. The Bertz CT molecular complexity index is 870. The van der Waals surface area contributed by atoms with E-state index in [4.69, 9.17) is 14.2 Å². The number of fused-ring (bicyclic) bond motifs is 1. The van der Waals surface area contributed by atoms with Gasteiger partial charge in [-0.2, -0.15) is 0 Å². The van der Waals surface area contributed by atoms with Gasteiger partial charge in [-0.3, -0.25) is 4.90 Å². The molecule has 2 fully saturated rings. The molecule has 2 aromatic rings. The minimum absolute atomic E-state index is 0.447. The highest BCUT2D eigenvalue weighted by atomic mass is 16.7. The molecule has 0 unspecified atom stereocenters. The van der Waals surface area contributed by atoms with Gasteiger partial charge in [0.2, 0.25) is 11.7 Å². The molecule has 1 aliphatic carbocycles. The first-order chi connectivity index (χ1) is 13.7. The summed E-state index contributed by atoms with van der Waals surface area (Å²) in [4.78, 5) is 7.11. The molecule has 5 nitrogen and oxygen atoms in total. The van der Waals surface area contributed by atoms with Crippen LogP contribution in [0.15, 0.2) is 30.3 Å². The van der Waals surface area contributed by atoms with Crippen LogP contribution in [0.4, 0.5) is 0 Å². The topological polar surface area (TPSA) is 43.8 Å². The average Bonchev–Trinajstić information content (AvgIpc) is 2.68. The van der Waals surface area contributed by atoms with Crippen molar-refractivity contribution in [2.45, 2.75) is 57.5 Å². The van der Waals surface area contributed by atoms with Crippen LogP contribution in [-0.4, -0.2) is 41.9 Å². The minimum atomic E-state index is -0.447. The molecule has 3 aliphatic rings. The molecule has 0 amide bonds. The van der Waals surface area contributed by atoms with Crippen LogP contribution < -0.4 is 9.47 Å². The lowest BCUT2D eigenvalue weighted by Crippen LogP contribution is -2.54. The lowest BCUT2D eigenvalue weighted by atomic mass is 9.89. The van der Waals surface area contributed by atoms with Crippen molar-refractivity contribution in [3.63, 3.8) is 0 Å². The van der Waals surface area contributed by atoms with Gasteiger partial charge in [0.25, 0.3) is 0 Å². The van der Waals surface area contributed by atoms with E-state index in [2.05, 4.69) is 34.1 Å². The van der Waals surface area contributed by atoms with Crippen molar-refractivity contribution in [2.24, 2.45) is 0 Å². The fourth-order valence-electron chi connectivity index (χ4n) is 4.53. The van der Waals surface area contributed by atoms with Gasteiger partial charge in [-0.15, -0.1) is 0 Å². The molecule has 5 heteroatoms. The lowest BCUT2D eigenvalue weighted by Gasteiger charge is -2.47. The number of hydrogen-bond donors (Lipinski definition) is 0. The third-order valence-corrected chi connectivity index (χ3v) is 6.50. The lowest BCUT2D eigenvalue weighted by molar-refractivity contribution is -0.231. The van der Waals surface area contributed by atoms with Crippen molar-refractivity contribution >= 4 is 0 Å². The van der Waals surface area contributed by atoms with E-state index >= 15 is 0 Å². The maximum Gasteiger partial charge on any atom is 0.221 e. The summed E-state index contributed by atoms with van der Waals surface area (Å²) in [5, 5.41) is 0. The molecule has 1 aromatic heterocycles. The van der Waals surface area contributed by atoms with Crippen molar-refractivity contribution in [2.75, 3.05) is 20.2 Å². The molecule has 1 saturated carbocycles. The van der Waals surface area contributed by atoms with E-state index in [1.807, 2.05) is 13.0 Å². The van der Waals surface area contributed by atoms with Gasteiger partial charge < -0.3 is 14.2 Å². The van der Waals surface area contributed by atoms with Crippen molar-refractivity contribution in [1.82, 2.24) is 9.88 Å². The van der Waals surface area contributed by atoms with Gasteiger partial charge in [-0.25, -0.2) is 4.98 Å². The largest absolute Gasteiger partial charge is 0.481 e. The molecule has 1 spiro atoms. The van der Waals surface area contributed by atoms with Crippen LogP contribution in [0.3, 0.4) is 0 Å². The van der Waals surface area contributed by atoms with Crippen molar-refractivity contribution in [1.29, 1.82) is 0 Å². The van der Waals surface area contributed by atoms with Gasteiger partial charge in [0.05, 0.1) is 13.7 Å². The maximum atomic E-state index is 6.41. The van der Waals surface area contributed by atoms with Crippen LogP contribution in [-0.2, 0) is 11.3 Å². The number of pyridine rings is 1. The summed E-state index contributed by atoms with van der Waals surface area (Å²) < 4.78 is 18.2. The second-order valence-corrected chi connectivity index (χ2v) is 8.25. The van der Waals surface area contributed by atoms with Crippen LogP contribution in [0.5, 0.6) is 11.6 Å². The van der Waals surface area contributed by atoms with Crippen LogP contribution in [0.25, 0.3) is 11.1 Å². The Kier molecular flexibility index (Phi) is 4.52. The van der Waals surface area contributed by atoms with Crippen LogP contribution in [0, 0.1) is 6.92 Å². The number of methoxy groups -OCH3 is 1. The number of aromatic nitrogens is 1. The highest BCUT2D eigenvalue weighted by molar-refractivity contribution is 5.70. The summed E-state index contributed by atoms with van der Waals surface area (Å²) in [6.07, 6.45) is 5.99. The molecule has 0 atom stereocenters. The molecule has 2 aliphatic heterocycles. The van der Waals surface area contributed by atoms with Gasteiger partial charge in [0.15, 0.2) is 0 Å². The van der Waals surface area contributed by atoms with E-state index in [-0.39, 0.29) is 0 Å². The fraction of sp³-hybridized carbons (Fsp3) is 0.522. The van der Waals surface area contributed by atoms with Crippen LogP contribution >= 0.6 is 0 Å². The summed E-state index contributed by atoms with van der Waals surface area (Å²) in [5.41, 5.74) is 4.10. The Balaban J connectivity index is 1.34. The number of hydrogen-bond acceptors (Lipinski definition) is 5. The summed E-state index contributed by atoms with van der Waals surface area (Å²) >= 11 is 0. The summed E-state index contributed by atoms with van der Waals surface area (Å²) in [5.74, 6) is 1.15. The normalized spacial score (nSPS) is 21.6. The van der Waals surface area contributed by atoms with Crippen molar-refractivity contribution in [3.05, 3.63) is 41.6 Å². The fourth-order valence-corrected chi connectivity index (χ4v) is 4.53. The molecule has 0 bridgehead atoms. The van der Waals surface area contributed by atoms with E-state index in [1.54, 1.807) is 7.11 Å². The molecule has 28 heavy (non-hydrogen) atoms. The molecule has 0 radical (unpaired) electrons. The molecule has 148 valence electrons. The summed E-state index contributed by atoms with van der Waals surface area (Å²) in [6, 6.07) is 11.2. The monoisotopic (exact) mass is 380 g/mol. The van der Waals surface area contributed by atoms with Gasteiger partial charge in [0, 0.05) is 48.8 Å². The smallest absolute Gasteiger partial charge is 0.221 e. The molecule has 1 aromatic carbocycles. The van der Waals surface area contributed by atoms with Crippen molar-refractivity contribution < 1.29 is 14.2 Å². The Hall–Kier alpha value is -2.11. The molecular formula is C23H28N2O3. The highest BCUT2D eigenvalue weighted by Crippen LogP contribution is 2.41. The number of rotatable bonds is 3. The molecule has 0 N–H and O–H groups in total. The van der Waals surface area contributed by atoms with E-state index in [1.165, 1.54) is 19.3 Å². The van der Waals surface area contributed by atoms with Gasteiger partial charge in [-0.1, -0.05) is 12.5 Å². The Morgan fingerprint density at radius 1 is 1.14 bits per heavy atom. The average molecular weight is 380 g/mol. The third kappa shape index (κ3) is 3.16. The summed E-state index contributed by atoms with van der Waals surface area (Å²) in [7, 11) is 1.66. The number of aryl methyl sites for hydroxylation is 1. The molecule has 3 heterocycles. The third-order valence-electron chi connectivity index (χ3n) is 6.50. The number of benzene rings is 1. The second kappa shape index (κ2) is 7.05. The van der Waals surface area contributed by atoms with Crippen LogP contribution in [0.1, 0.15) is 43.4 Å². The zero-order chi connectivity index (χ0) is 19.1. The van der Waals surface area contributed by atoms with E-state index < -0.39 is 5.79 Å². The van der Waals surface area contributed by atoms with Gasteiger partial charge in [-0.05, 0) is 49.6 Å². The van der Waals surface area contributed by atoms with Crippen LogP contribution in [0.2, 0.25) is 0 Å². The first-order valence-electron chi connectivity index (χ1n) is 10.4. The molecular weight excluding hydrogens is 352 g/mol. The van der Waals surface area contributed by atoms with E-state index in [0.29, 0.717) is 12.5 Å². The predicted molar refractivity (Wildman–Crippen MR) is 108 cm³/mol.